The molecule has 0 spiro atoms. The quantitative estimate of drug-likeness (QED) is 0.166. The molecule has 6 rings (SSSR count). The number of benzene rings is 4. The van der Waals surface area contributed by atoms with Crippen molar-refractivity contribution in [2.45, 2.75) is 25.7 Å². The Labute approximate surface area is 231 Å². The third-order valence-electron chi connectivity index (χ3n) is 7.25. The van der Waals surface area contributed by atoms with Gasteiger partial charge in [-0.3, -0.25) is 10.1 Å². The lowest BCUT2D eigenvalue weighted by molar-refractivity contribution is -0.384. The smallest absolute Gasteiger partial charge is 0.269 e. The van der Waals surface area contributed by atoms with Crippen molar-refractivity contribution in [3.63, 3.8) is 0 Å². The second kappa shape index (κ2) is 11.1. The van der Waals surface area contributed by atoms with Gasteiger partial charge in [-0.05, 0) is 65.6 Å². The second-order valence-electron chi connectivity index (χ2n) is 9.75. The summed E-state index contributed by atoms with van der Waals surface area (Å²) in [5.41, 5.74) is 6.67. The molecule has 1 aliphatic heterocycles. The number of nitro groups is 1. The molecule has 4 aromatic carbocycles. The summed E-state index contributed by atoms with van der Waals surface area (Å²) in [5.74, 6) is 2.12. The van der Waals surface area contributed by atoms with E-state index in [0.29, 0.717) is 12.4 Å². The summed E-state index contributed by atoms with van der Waals surface area (Å²) in [6, 6.07) is 28.6. The molecule has 0 amide bonds. The number of hydrogen-bond acceptors (Lipinski definition) is 6. The molecule has 2 heterocycles. The van der Waals surface area contributed by atoms with E-state index in [-0.39, 0.29) is 18.3 Å². The summed E-state index contributed by atoms with van der Waals surface area (Å²) in [7, 11) is 1.64. The summed E-state index contributed by atoms with van der Waals surface area (Å²) in [5, 5.41) is 15.8. The molecule has 0 aliphatic carbocycles. The van der Waals surface area contributed by atoms with Crippen LogP contribution in [0.4, 0.5) is 5.69 Å². The van der Waals surface area contributed by atoms with Crippen molar-refractivity contribution in [2.24, 2.45) is 0 Å². The number of ether oxygens (including phenoxy) is 3. The molecule has 0 radical (unpaired) electrons. The van der Waals surface area contributed by atoms with Gasteiger partial charge in [0.1, 0.15) is 30.5 Å². The number of aromatic nitrogens is 1. The molecule has 8 nitrogen and oxygen atoms in total. The number of rotatable bonds is 9. The van der Waals surface area contributed by atoms with E-state index in [2.05, 4.69) is 46.7 Å². The van der Waals surface area contributed by atoms with Gasteiger partial charge >= 0.3 is 0 Å². The Hall–Kier alpha value is -4.82. The number of nitro benzene ring substituents is 1. The van der Waals surface area contributed by atoms with Crippen LogP contribution in [-0.2, 0) is 19.6 Å². The van der Waals surface area contributed by atoms with E-state index < -0.39 is 4.92 Å². The molecule has 2 N–H and O–H groups in total. The average Bonchev–Trinajstić information content (AvgIpc) is 3.38. The van der Waals surface area contributed by atoms with Crippen LogP contribution in [-0.4, -0.2) is 23.6 Å². The number of hydrogen-bond donors (Lipinski definition) is 2. The number of methoxy groups -OCH3 is 1. The summed E-state index contributed by atoms with van der Waals surface area (Å²) in [6.45, 7) is 1.64. The molecule has 0 saturated heterocycles. The van der Waals surface area contributed by atoms with Crippen LogP contribution in [0.1, 0.15) is 34.0 Å². The van der Waals surface area contributed by atoms with Crippen molar-refractivity contribution in [3.05, 3.63) is 129 Å². The number of fused-ring (bicyclic) bond motifs is 3. The zero-order valence-corrected chi connectivity index (χ0v) is 22.1. The molecular formula is C32H29N3O5. The van der Waals surface area contributed by atoms with Gasteiger partial charge in [-0.15, -0.1) is 0 Å². The van der Waals surface area contributed by atoms with Crippen LogP contribution >= 0.6 is 0 Å². The highest BCUT2D eigenvalue weighted by Crippen LogP contribution is 2.36. The first-order valence-electron chi connectivity index (χ1n) is 13.2. The Morgan fingerprint density at radius 2 is 1.68 bits per heavy atom. The maximum atomic E-state index is 10.9. The minimum absolute atomic E-state index is 0.0196. The van der Waals surface area contributed by atoms with Gasteiger partial charge in [-0.25, -0.2) is 0 Å². The lowest BCUT2D eigenvalue weighted by Crippen LogP contribution is -2.30. The highest BCUT2D eigenvalue weighted by Gasteiger charge is 2.26. The molecule has 40 heavy (non-hydrogen) atoms. The molecule has 5 aromatic rings. The number of aromatic amines is 1. The van der Waals surface area contributed by atoms with Gasteiger partial charge < -0.3 is 24.5 Å². The van der Waals surface area contributed by atoms with Crippen molar-refractivity contribution in [1.82, 2.24) is 10.3 Å². The number of nitrogens with zero attached hydrogens (tertiary/aromatic N) is 1. The topological polar surface area (TPSA) is 98.7 Å². The van der Waals surface area contributed by atoms with Gasteiger partial charge in [0.25, 0.3) is 5.69 Å². The Kier molecular flexibility index (Phi) is 7.08. The third-order valence-corrected chi connectivity index (χ3v) is 7.25. The molecule has 202 valence electrons. The van der Waals surface area contributed by atoms with Gasteiger partial charge in [0, 0.05) is 40.8 Å². The standard InChI is InChI=1S/C32H29N3O5/c1-38-30-14-7-22(17-23(30)20-40-25-10-8-24(9-11-25)35(36)37)31-32-27(15-16-33-31)28-18-26(12-13-29(28)34-32)39-19-21-5-3-2-4-6-21/h2-14,17-18,31,33-34H,15-16,19-20H2,1H3. The van der Waals surface area contributed by atoms with Gasteiger partial charge in [-0.1, -0.05) is 36.4 Å². The van der Waals surface area contributed by atoms with Crippen molar-refractivity contribution in [2.75, 3.05) is 13.7 Å². The van der Waals surface area contributed by atoms with Gasteiger partial charge in [0.05, 0.1) is 18.1 Å². The Bertz CT molecular complexity index is 1650. The molecule has 0 fully saturated rings. The maximum Gasteiger partial charge on any atom is 0.269 e. The SMILES string of the molecule is COc1ccc(C2NCCc3c2[nH]c2ccc(OCc4ccccc4)cc32)cc1COc1ccc([N+](=O)[O-])cc1. The van der Waals surface area contributed by atoms with Crippen LogP contribution in [0.2, 0.25) is 0 Å². The molecule has 1 aromatic heterocycles. The monoisotopic (exact) mass is 535 g/mol. The maximum absolute atomic E-state index is 10.9. The van der Waals surface area contributed by atoms with Crippen LogP contribution in [0.15, 0.2) is 91.0 Å². The molecule has 1 unspecified atom stereocenters. The first kappa shape index (κ1) is 25.5. The Balaban J connectivity index is 1.24. The van der Waals surface area contributed by atoms with E-state index in [1.807, 2.05) is 30.3 Å². The van der Waals surface area contributed by atoms with E-state index in [9.17, 15) is 10.1 Å². The fourth-order valence-electron chi connectivity index (χ4n) is 5.24. The second-order valence-corrected chi connectivity index (χ2v) is 9.75. The fourth-order valence-corrected chi connectivity index (χ4v) is 5.24. The van der Waals surface area contributed by atoms with Crippen LogP contribution in [0.25, 0.3) is 10.9 Å². The number of non-ortho nitro benzene ring substituents is 1. The zero-order chi connectivity index (χ0) is 27.5. The molecular weight excluding hydrogens is 506 g/mol. The van der Waals surface area contributed by atoms with Crippen molar-refractivity contribution in [3.8, 4) is 17.2 Å². The van der Waals surface area contributed by atoms with Crippen molar-refractivity contribution in [1.29, 1.82) is 0 Å². The average molecular weight is 536 g/mol. The largest absolute Gasteiger partial charge is 0.496 e. The Morgan fingerprint density at radius 1 is 0.900 bits per heavy atom. The van der Waals surface area contributed by atoms with Gasteiger partial charge in [0.15, 0.2) is 0 Å². The summed E-state index contributed by atoms with van der Waals surface area (Å²) < 4.78 is 17.7. The molecule has 0 bridgehead atoms. The minimum Gasteiger partial charge on any atom is -0.496 e. The van der Waals surface area contributed by atoms with Crippen LogP contribution in [0.3, 0.4) is 0 Å². The summed E-state index contributed by atoms with van der Waals surface area (Å²) >= 11 is 0. The van der Waals surface area contributed by atoms with Crippen molar-refractivity contribution >= 4 is 16.6 Å². The normalized spacial score (nSPS) is 14.5. The van der Waals surface area contributed by atoms with Gasteiger partial charge in [-0.2, -0.15) is 0 Å². The first-order valence-corrected chi connectivity index (χ1v) is 13.2. The highest BCUT2D eigenvalue weighted by molar-refractivity contribution is 5.86. The van der Waals surface area contributed by atoms with E-state index in [1.165, 1.54) is 23.1 Å². The van der Waals surface area contributed by atoms with Crippen LogP contribution < -0.4 is 19.5 Å². The van der Waals surface area contributed by atoms with Crippen molar-refractivity contribution < 1.29 is 19.1 Å². The van der Waals surface area contributed by atoms with E-state index in [1.54, 1.807) is 19.2 Å². The number of nitrogens with one attached hydrogen (secondary N) is 2. The molecule has 0 saturated carbocycles. The third kappa shape index (κ3) is 5.21. The molecule has 8 heteroatoms. The predicted molar refractivity (Wildman–Crippen MR) is 153 cm³/mol. The number of H-pyrrole nitrogens is 1. The minimum atomic E-state index is -0.426. The summed E-state index contributed by atoms with van der Waals surface area (Å²) in [4.78, 5) is 14.2. The van der Waals surface area contributed by atoms with Crippen LogP contribution in [0, 0.1) is 10.1 Å². The van der Waals surface area contributed by atoms with Gasteiger partial charge in [0.2, 0.25) is 0 Å². The lowest BCUT2D eigenvalue weighted by Gasteiger charge is -2.25. The predicted octanol–water partition coefficient (Wildman–Crippen LogP) is 6.48. The lowest BCUT2D eigenvalue weighted by atomic mass is 9.93. The van der Waals surface area contributed by atoms with Crippen LogP contribution in [0.5, 0.6) is 17.2 Å². The molecule has 1 atom stereocenters. The molecule has 1 aliphatic rings. The fraction of sp³-hybridized carbons (Fsp3) is 0.188. The zero-order valence-electron chi connectivity index (χ0n) is 22.1. The van der Waals surface area contributed by atoms with E-state index >= 15 is 0 Å². The first-order chi connectivity index (χ1) is 19.6. The highest BCUT2D eigenvalue weighted by atomic mass is 16.6. The van der Waals surface area contributed by atoms with E-state index in [4.69, 9.17) is 14.2 Å². The van der Waals surface area contributed by atoms with E-state index in [0.717, 1.165) is 52.4 Å². The summed E-state index contributed by atoms with van der Waals surface area (Å²) in [6.07, 6.45) is 0.917. The Morgan fingerprint density at radius 3 is 2.45 bits per heavy atom.